The van der Waals surface area contributed by atoms with Crippen molar-refractivity contribution in [2.45, 2.75) is 75.9 Å². The Kier molecular flexibility index (Phi) is 5.37. The predicted molar refractivity (Wildman–Crippen MR) is 100 cm³/mol. The molecule has 0 saturated heterocycles. The fourth-order valence-corrected chi connectivity index (χ4v) is 4.70. The van der Waals surface area contributed by atoms with Gasteiger partial charge >= 0.3 is 6.18 Å². The van der Waals surface area contributed by atoms with E-state index in [1.54, 1.807) is 0 Å². The number of carbonyl (C=O) groups excluding carboxylic acids is 1. The number of halogens is 3. The minimum Gasteiger partial charge on any atom is -0.351 e. The summed E-state index contributed by atoms with van der Waals surface area (Å²) >= 11 is 0. The first-order valence-corrected chi connectivity index (χ1v) is 9.77. The predicted octanol–water partition coefficient (Wildman–Crippen LogP) is 4.93. The molecule has 3 rings (SSSR count). The van der Waals surface area contributed by atoms with Crippen LogP contribution in [0.1, 0.15) is 69.9 Å². The van der Waals surface area contributed by atoms with Crippen molar-refractivity contribution < 1.29 is 18.0 Å². The molecule has 1 amide bonds. The van der Waals surface area contributed by atoms with Crippen LogP contribution in [-0.2, 0) is 10.2 Å². The van der Waals surface area contributed by atoms with E-state index in [0.717, 1.165) is 24.8 Å². The Hall–Kier alpha value is -1.85. The first-order chi connectivity index (χ1) is 12.7. The summed E-state index contributed by atoms with van der Waals surface area (Å²) in [6, 6.07) is 7.34. The van der Waals surface area contributed by atoms with Gasteiger partial charge in [0.1, 0.15) is 5.71 Å². The topological polar surface area (TPSA) is 41.5 Å². The van der Waals surface area contributed by atoms with Gasteiger partial charge in [0.15, 0.2) is 0 Å². The van der Waals surface area contributed by atoms with E-state index >= 15 is 0 Å². The summed E-state index contributed by atoms with van der Waals surface area (Å²) in [5, 5.41) is 2.83. The van der Waals surface area contributed by atoms with E-state index in [9.17, 15) is 18.0 Å². The second-order valence-electron chi connectivity index (χ2n) is 7.98. The lowest BCUT2D eigenvalue weighted by Gasteiger charge is -2.53. The van der Waals surface area contributed by atoms with Gasteiger partial charge in [0.2, 0.25) is 0 Å². The molecule has 0 aromatic heterocycles. The quantitative estimate of drug-likeness (QED) is 0.723. The molecule has 27 heavy (non-hydrogen) atoms. The Bertz CT molecular complexity index is 743. The Morgan fingerprint density at radius 2 is 1.93 bits per heavy atom. The second kappa shape index (κ2) is 7.28. The second-order valence-corrected chi connectivity index (χ2v) is 7.98. The zero-order valence-corrected chi connectivity index (χ0v) is 16.0. The molecule has 1 aromatic carbocycles. The van der Waals surface area contributed by atoms with Crippen molar-refractivity contribution in [1.82, 2.24) is 5.32 Å². The van der Waals surface area contributed by atoms with Crippen molar-refractivity contribution in [3.63, 3.8) is 0 Å². The number of alkyl halides is 3. The molecule has 2 atom stereocenters. The summed E-state index contributed by atoms with van der Waals surface area (Å²) in [6.45, 7) is 4.41. The minimum absolute atomic E-state index is 0.158. The Morgan fingerprint density at radius 3 is 2.63 bits per heavy atom. The average molecular weight is 380 g/mol. The Balaban J connectivity index is 2.12. The van der Waals surface area contributed by atoms with Crippen LogP contribution in [0.25, 0.3) is 0 Å². The fourth-order valence-electron chi connectivity index (χ4n) is 4.70. The molecular formula is C21H27F3N2O. The average Bonchev–Trinajstić information content (AvgIpc) is 2.61. The molecule has 1 saturated carbocycles. The lowest BCUT2D eigenvalue weighted by atomic mass is 9.55. The van der Waals surface area contributed by atoms with Crippen molar-refractivity contribution in [3.05, 3.63) is 35.4 Å². The van der Waals surface area contributed by atoms with Crippen LogP contribution in [0.3, 0.4) is 0 Å². The lowest BCUT2D eigenvalue weighted by Crippen LogP contribution is -2.57. The Labute approximate surface area is 158 Å². The first kappa shape index (κ1) is 19.9. The number of fused-ring (bicyclic) bond motifs is 3. The summed E-state index contributed by atoms with van der Waals surface area (Å²) in [7, 11) is 0. The highest BCUT2D eigenvalue weighted by Gasteiger charge is 2.58. The Morgan fingerprint density at radius 1 is 1.22 bits per heavy atom. The molecule has 1 fully saturated rings. The van der Waals surface area contributed by atoms with Gasteiger partial charge in [-0.3, -0.25) is 9.79 Å². The van der Waals surface area contributed by atoms with Crippen molar-refractivity contribution in [1.29, 1.82) is 0 Å². The lowest BCUT2D eigenvalue weighted by molar-refractivity contribution is -0.156. The smallest absolute Gasteiger partial charge is 0.351 e. The van der Waals surface area contributed by atoms with Crippen LogP contribution in [0, 0.1) is 0 Å². The van der Waals surface area contributed by atoms with Crippen LogP contribution in [-0.4, -0.2) is 29.9 Å². The summed E-state index contributed by atoms with van der Waals surface area (Å²) in [5.74, 6) is -0.370. The number of unbranched alkanes of at least 4 members (excludes halogenated alkanes) is 1. The number of hydrogen-bond donors (Lipinski definition) is 1. The van der Waals surface area contributed by atoms with Crippen LogP contribution in [0.4, 0.5) is 13.2 Å². The fraction of sp³-hybridized carbons (Fsp3) is 0.619. The maximum absolute atomic E-state index is 13.6. The summed E-state index contributed by atoms with van der Waals surface area (Å²) in [6.07, 6.45) is -1.00. The normalized spacial score (nSPS) is 27.4. The maximum Gasteiger partial charge on any atom is 0.391 e. The molecule has 3 nitrogen and oxygen atoms in total. The number of amides is 1. The van der Waals surface area contributed by atoms with Crippen LogP contribution in [0.15, 0.2) is 29.3 Å². The number of nitrogens with one attached hydrogen (secondary N) is 1. The first-order valence-electron chi connectivity index (χ1n) is 9.77. The summed E-state index contributed by atoms with van der Waals surface area (Å²) in [4.78, 5) is 17.4. The molecule has 1 heterocycles. The molecular weight excluding hydrogens is 353 g/mol. The highest BCUT2D eigenvalue weighted by Crippen LogP contribution is 2.55. The monoisotopic (exact) mass is 380 g/mol. The number of aliphatic imine (C=N–C) groups is 1. The van der Waals surface area contributed by atoms with Crippen LogP contribution < -0.4 is 5.32 Å². The van der Waals surface area contributed by atoms with Gasteiger partial charge in [-0.05, 0) is 24.8 Å². The number of benzene rings is 1. The molecule has 1 aliphatic carbocycles. The molecule has 0 bridgehead atoms. The third kappa shape index (κ3) is 3.63. The largest absolute Gasteiger partial charge is 0.391 e. The molecule has 6 heteroatoms. The standard InChI is InChI=1S/C21H27F3N2O/c1-3-4-13-25-18(27)17-15-9-5-6-10-16(15)19(2)11-7-8-12-20(19,26-17)14-21(22,23)24/h5-6,9-10H,3-4,7-8,11-14H2,1-2H3,(H,25,27)/t19-,20+/m0/s1. The van der Waals surface area contributed by atoms with E-state index < -0.39 is 23.6 Å². The highest BCUT2D eigenvalue weighted by molar-refractivity contribution is 6.46. The summed E-state index contributed by atoms with van der Waals surface area (Å²) < 4.78 is 40.7. The van der Waals surface area contributed by atoms with E-state index in [-0.39, 0.29) is 11.6 Å². The molecule has 0 radical (unpaired) electrons. The minimum atomic E-state index is -4.34. The number of nitrogens with zero attached hydrogens (tertiary/aromatic N) is 1. The third-order valence-electron chi connectivity index (χ3n) is 6.17. The number of carbonyl (C=O) groups is 1. The van der Waals surface area contributed by atoms with E-state index in [2.05, 4.69) is 10.3 Å². The van der Waals surface area contributed by atoms with Gasteiger partial charge < -0.3 is 5.32 Å². The highest BCUT2D eigenvalue weighted by atomic mass is 19.4. The van der Waals surface area contributed by atoms with E-state index in [1.165, 1.54) is 0 Å². The summed E-state index contributed by atoms with van der Waals surface area (Å²) in [5.41, 5.74) is -0.372. The van der Waals surface area contributed by atoms with Gasteiger partial charge in [0.25, 0.3) is 5.91 Å². The zero-order chi connectivity index (χ0) is 19.7. The number of hydrogen-bond acceptors (Lipinski definition) is 2. The maximum atomic E-state index is 13.6. The van der Waals surface area contributed by atoms with Crippen molar-refractivity contribution in [2.75, 3.05) is 6.54 Å². The van der Waals surface area contributed by atoms with Crippen LogP contribution in [0.5, 0.6) is 0 Å². The number of rotatable bonds is 5. The van der Waals surface area contributed by atoms with Gasteiger partial charge in [0.05, 0.1) is 12.0 Å². The van der Waals surface area contributed by atoms with E-state index in [4.69, 9.17) is 0 Å². The SMILES string of the molecule is CCCCNC(=O)C1=N[C@@]2(CC(F)(F)F)CCCC[C@@]2(C)c2ccccc21. The molecule has 1 aliphatic heterocycles. The van der Waals surface area contributed by atoms with Crippen LogP contribution in [0.2, 0.25) is 0 Å². The molecule has 148 valence electrons. The molecule has 1 N–H and O–H groups in total. The van der Waals surface area contributed by atoms with Gasteiger partial charge in [-0.2, -0.15) is 13.2 Å². The molecule has 2 aliphatic rings. The van der Waals surface area contributed by atoms with Gasteiger partial charge in [-0.1, -0.05) is 57.4 Å². The molecule has 1 aromatic rings. The van der Waals surface area contributed by atoms with Gasteiger partial charge in [0, 0.05) is 17.5 Å². The van der Waals surface area contributed by atoms with Gasteiger partial charge in [-0.25, -0.2) is 0 Å². The van der Waals surface area contributed by atoms with Crippen molar-refractivity contribution >= 4 is 11.6 Å². The van der Waals surface area contributed by atoms with Crippen molar-refractivity contribution in [2.24, 2.45) is 4.99 Å². The van der Waals surface area contributed by atoms with E-state index in [0.29, 0.717) is 31.4 Å². The van der Waals surface area contributed by atoms with Gasteiger partial charge in [-0.15, -0.1) is 0 Å². The van der Waals surface area contributed by atoms with Crippen LogP contribution >= 0.6 is 0 Å². The molecule has 0 spiro atoms. The molecule has 0 unspecified atom stereocenters. The zero-order valence-electron chi connectivity index (χ0n) is 16.0. The van der Waals surface area contributed by atoms with E-state index in [1.807, 2.05) is 38.1 Å². The third-order valence-corrected chi connectivity index (χ3v) is 6.17. The van der Waals surface area contributed by atoms with Crippen molar-refractivity contribution in [3.8, 4) is 0 Å².